The van der Waals surface area contributed by atoms with Crippen molar-refractivity contribution < 1.29 is 28.2 Å². The first-order valence-electron chi connectivity index (χ1n) is 8.24. The number of rotatable bonds is 5. The van der Waals surface area contributed by atoms with Crippen LogP contribution in [0.1, 0.15) is 29.2 Å². The summed E-state index contributed by atoms with van der Waals surface area (Å²) in [5.74, 6) is 1.46. The maximum atomic E-state index is 12.2. The van der Waals surface area contributed by atoms with Gasteiger partial charge in [-0.15, -0.1) is 0 Å². The number of nitrogens with one attached hydrogen (secondary N) is 2. The third-order valence-corrected chi connectivity index (χ3v) is 4.08. The van der Waals surface area contributed by atoms with Crippen LogP contribution in [0.3, 0.4) is 0 Å². The van der Waals surface area contributed by atoms with Gasteiger partial charge >= 0.3 is 0 Å². The molecule has 4 rings (SSSR count). The van der Waals surface area contributed by atoms with E-state index in [1.54, 1.807) is 18.2 Å². The van der Waals surface area contributed by atoms with Gasteiger partial charge < -0.3 is 29.3 Å². The number of benzene rings is 1. The smallest absolute Gasteiger partial charge is 0.273 e. The van der Waals surface area contributed by atoms with Gasteiger partial charge in [-0.25, -0.2) is 4.98 Å². The Morgan fingerprint density at radius 2 is 2.23 bits per heavy atom. The van der Waals surface area contributed by atoms with Crippen molar-refractivity contribution in [1.29, 1.82) is 0 Å². The number of nitrogens with zero attached hydrogens (tertiary/aromatic N) is 1. The van der Waals surface area contributed by atoms with Gasteiger partial charge in [-0.3, -0.25) is 9.59 Å². The van der Waals surface area contributed by atoms with Crippen LogP contribution in [0.4, 0.5) is 0 Å². The molecule has 2 amide bonds. The van der Waals surface area contributed by atoms with Crippen molar-refractivity contribution in [3.05, 3.63) is 36.0 Å². The largest absolute Gasteiger partial charge is 0.484 e. The molecule has 2 aliphatic rings. The van der Waals surface area contributed by atoms with Crippen molar-refractivity contribution in [2.45, 2.75) is 25.5 Å². The number of hydrogen-bond acceptors (Lipinski definition) is 7. The van der Waals surface area contributed by atoms with E-state index in [0.717, 1.165) is 6.42 Å². The average Bonchev–Trinajstić information content (AvgIpc) is 3.30. The Balaban J connectivity index is 1.34. The van der Waals surface area contributed by atoms with E-state index >= 15 is 0 Å². The predicted octanol–water partition coefficient (Wildman–Crippen LogP) is 0.991. The Morgan fingerprint density at radius 3 is 3.12 bits per heavy atom. The summed E-state index contributed by atoms with van der Waals surface area (Å²) < 4.78 is 21.4. The number of hydrogen-bond donors (Lipinski definition) is 2. The number of oxazole rings is 1. The molecule has 3 heterocycles. The van der Waals surface area contributed by atoms with E-state index in [-0.39, 0.29) is 30.9 Å². The van der Waals surface area contributed by atoms with Gasteiger partial charge in [0.05, 0.1) is 0 Å². The summed E-state index contributed by atoms with van der Waals surface area (Å²) >= 11 is 0. The predicted molar refractivity (Wildman–Crippen MR) is 86.9 cm³/mol. The number of amides is 2. The quantitative estimate of drug-likeness (QED) is 0.819. The highest BCUT2D eigenvalue weighted by Gasteiger charge is 2.25. The second-order valence-corrected chi connectivity index (χ2v) is 5.89. The minimum atomic E-state index is -0.540. The van der Waals surface area contributed by atoms with Crippen LogP contribution in [0.2, 0.25) is 0 Å². The van der Waals surface area contributed by atoms with Crippen LogP contribution in [0.25, 0.3) is 0 Å². The Bertz CT molecular complexity index is 834. The molecule has 2 aromatic rings. The topological polar surface area (TPSA) is 112 Å². The number of ether oxygens (including phenoxy) is 3. The third kappa shape index (κ3) is 3.41. The molecule has 1 fully saturated rings. The molecular weight excluding hydrogens is 342 g/mol. The number of carbonyl (C=O) groups excluding carboxylic acids is 2. The Morgan fingerprint density at radius 1 is 1.35 bits per heavy atom. The summed E-state index contributed by atoms with van der Waals surface area (Å²) in [6.45, 7) is 0.878. The summed E-state index contributed by atoms with van der Waals surface area (Å²) in [6.07, 6.45) is 2.67. The van der Waals surface area contributed by atoms with Crippen LogP contribution < -0.4 is 24.8 Å². The summed E-state index contributed by atoms with van der Waals surface area (Å²) in [6, 6.07) is 4.66. The molecule has 26 heavy (non-hydrogen) atoms. The molecule has 0 unspecified atom stereocenters. The lowest BCUT2D eigenvalue weighted by molar-refractivity contribution is -0.124. The maximum absolute atomic E-state index is 12.2. The molecule has 0 bridgehead atoms. The fraction of sp³-hybridized carbons (Fsp3) is 0.353. The van der Waals surface area contributed by atoms with Crippen molar-refractivity contribution >= 4 is 11.8 Å². The van der Waals surface area contributed by atoms with Gasteiger partial charge in [0.2, 0.25) is 18.6 Å². The molecule has 1 atom stereocenters. The van der Waals surface area contributed by atoms with E-state index in [9.17, 15) is 9.59 Å². The molecule has 136 valence electrons. The van der Waals surface area contributed by atoms with E-state index in [1.165, 1.54) is 6.26 Å². The minimum Gasteiger partial charge on any atom is -0.484 e. The number of aromatic nitrogens is 1. The summed E-state index contributed by atoms with van der Waals surface area (Å²) in [4.78, 5) is 28.0. The van der Waals surface area contributed by atoms with Gasteiger partial charge in [-0.1, -0.05) is 0 Å². The van der Waals surface area contributed by atoms with Gasteiger partial charge in [0.1, 0.15) is 18.1 Å². The SMILES string of the molecule is O=C(N[C@H]1CCCNC1=O)c1coc(COc2ccc3c(c2)OCO3)n1. The second kappa shape index (κ2) is 6.95. The number of fused-ring (bicyclic) bond motifs is 1. The molecule has 9 heteroatoms. The average molecular weight is 359 g/mol. The molecule has 1 aromatic heterocycles. The zero-order chi connectivity index (χ0) is 17.9. The summed E-state index contributed by atoms with van der Waals surface area (Å²) in [5, 5.41) is 5.37. The molecule has 2 aliphatic heterocycles. The summed E-state index contributed by atoms with van der Waals surface area (Å²) in [5.41, 5.74) is 0.104. The molecule has 0 radical (unpaired) electrons. The second-order valence-electron chi connectivity index (χ2n) is 5.89. The first kappa shape index (κ1) is 16.2. The first-order chi connectivity index (χ1) is 12.7. The highest BCUT2D eigenvalue weighted by Crippen LogP contribution is 2.35. The highest BCUT2D eigenvalue weighted by atomic mass is 16.7. The van der Waals surface area contributed by atoms with Crippen LogP contribution in [0.15, 0.2) is 28.9 Å². The van der Waals surface area contributed by atoms with E-state index in [2.05, 4.69) is 15.6 Å². The highest BCUT2D eigenvalue weighted by molar-refractivity contribution is 5.96. The van der Waals surface area contributed by atoms with Crippen molar-refractivity contribution in [2.24, 2.45) is 0 Å². The zero-order valence-corrected chi connectivity index (χ0v) is 13.8. The van der Waals surface area contributed by atoms with Gasteiger partial charge in [-0.2, -0.15) is 0 Å². The summed E-state index contributed by atoms with van der Waals surface area (Å²) in [7, 11) is 0. The van der Waals surface area contributed by atoms with Gasteiger partial charge in [0.15, 0.2) is 23.8 Å². The van der Waals surface area contributed by atoms with Crippen LogP contribution in [0, 0.1) is 0 Å². The van der Waals surface area contributed by atoms with Crippen molar-refractivity contribution in [3.63, 3.8) is 0 Å². The van der Waals surface area contributed by atoms with E-state index in [1.807, 2.05) is 0 Å². The lowest BCUT2D eigenvalue weighted by atomic mass is 10.1. The van der Waals surface area contributed by atoms with Crippen LogP contribution in [0.5, 0.6) is 17.2 Å². The fourth-order valence-corrected chi connectivity index (χ4v) is 2.74. The minimum absolute atomic E-state index is 0.0524. The standard InChI is InChI=1S/C17H17N3O6/c21-16-11(2-1-5-18-16)20-17(22)12-7-24-15(19-12)8-23-10-3-4-13-14(6-10)26-9-25-13/h3-4,6-7,11H,1-2,5,8-9H2,(H,18,21)(H,20,22)/t11-/m0/s1. The molecule has 0 aliphatic carbocycles. The molecule has 2 N–H and O–H groups in total. The molecular formula is C17H17N3O6. The van der Waals surface area contributed by atoms with Gasteiger partial charge in [0.25, 0.3) is 5.91 Å². The maximum Gasteiger partial charge on any atom is 0.273 e. The van der Waals surface area contributed by atoms with Crippen molar-refractivity contribution in [1.82, 2.24) is 15.6 Å². The van der Waals surface area contributed by atoms with Crippen LogP contribution in [-0.4, -0.2) is 36.2 Å². The van der Waals surface area contributed by atoms with E-state index in [4.69, 9.17) is 18.6 Å². The van der Waals surface area contributed by atoms with Crippen molar-refractivity contribution in [3.8, 4) is 17.2 Å². The molecule has 0 saturated carbocycles. The first-order valence-corrected chi connectivity index (χ1v) is 8.24. The monoisotopic (exact) mass is 359 g/mol. The number of carbonyl (C=O) groups is 2. The molecule has 1 saturated heterocycles. The normalized spacial score (nSPS) is 18.3. The van der Waals surface area contributed by atoms with Crippen molar-refractivity contribution in [2.75, 3.05) is 13.3 Å². The number of piperidine rings is 1. The van der Waals surface area contributed by atoms with Gasteiger partial charge in [-0.05, 0) is 25.0 Å². The van der Waals surface area contributed by atoms with Crippen LogP contribution in [-0.2, 0) is 11.4 Å². The Hall–Kier alpha value is -3.23. The third-order valence-electron chi connectivity index (χ3n) is 4.08. The lowest BCUT2D eigenvalue weighted by Gasteiger charge is -2.22. The Kier molecular flexibility index (Phi) is 4.34. The van der Waals surface area contributed by atoms with Crippen LogP contribution >= 0.6 is 0 Å². The zero-order valence-electron chi connectivity index (χ0n) is 13.8. The fourth-order valence-electron chi connectivity index (χ4n) is 2.74. The molecule has 0 spiro atoms. The van der Waals surface area contributed by atoms with Gasteiger partial charge in [0, 0.05) is 12.6 Å². The molecule has 9 nitrogen and oxygen atoms in total. The van der Waals surface area contributed by atoms with E-state index < -0.39 is 11.9 Å². The molecule has 1 aromatic carbocycles. The Labute approximate surface area is 148 Å². The van der Waals surface area contributed by atoms with E-state index in [0.29, 0.717) is 30.2 Å². The lowest BCUT2D eigenvalue weighted by Crippen LogP contribution is -2.50.